The Labute approximate surface area is 137 Å². The monoisotopic (exact) mass is 329 g/mol. The van der Waals surface area contributed by atoms with E-state index >= 15 is 0 Å². The number of hydrogen-bond donors (Lipinski definition) is 1. The molecule has 0 aromatic heterocycles. The molecule has 0 heterocycles. The normalized spacial score (nSPS) is 11.3. The van der Waals surface area contributed by atoms with Crippen LogP contribution in [0.4, 0.5) is 5.69 Å². The van der Waals surface area contributed by atoms with Crippen LogP contribution < -0.4 is 0 Å². The number of aryl methyl sites for hydroxylation is 1. The van der Waals surface area contributed by atoms with E-state index in [-0.39, 0.29) is 11.3 Å². The lowest BCUT2D eigenvalue weighted by atomic mass is 10.1. The Morgan fingerprint density at radius 3 is 2.43 bits per heavy atom. The van der Waals surface area contributed by atoms with E-state index in [2.05, 4.69) is 0 Å². The van der Waals surface area contributed by atoms with Crippen LogP contribution >= 0.6 is 11.8 Å². The standard InChI is InChI=1S/C17H15NO4S/c1-11-3-6-15(7-4-11)23-16-8-5-14(18(21)22)10-13(16)9-12(2)17(19)20/h3-10H,1-2H3,(H,19,20)/b12-9+. The highest BCUT2D eigenvalue weighted by atomic mass is 32.2. The van der Waals surface area contributed by atoms with Crippen molar-refractivity contribution in [1.29, 1.82) is 0 Å². The van der Waals surface area contributed by atoms with Gasteiger partial charge in [-0.25, -0.2) is 4.79 Å². The van der Waals surface area contributed by atoms with Crippen LogP contribution in [-0.4, -0.2) is 16.0 Å². The van der Waals surface area contributed by atoms with Crippen molar-refractivity contribution < 1.29 is 14.8 Å². The molecule has 23 heavy (non-hydrogen) atoms. The molecule has 6 heteroatoms. The van der Waals surface area contributed by atoms with Gasteiger partial charge in [-0.05, 0) is 43.7 Å². The Morgan fingerprint density at radius 2 is 1.87 bits per heavy atom. The lowest BCUT2D eigenvalue weighted by Gasteiger charge is -2.07. The summed E-state index contributed by atoms with van der Waals surface area (Å²) in [6.07, 6.45) is 1.45. The zero-order valence-electron chi connectivity index (χ0n) is 12.6. The molecule has 1 N–H and O–H groups in total. The summed E-state index contributed by atoms with van der Waals surface area (Å²) in [6.45, 7) is 3.45. The minimum absolute atomic E-state index is 0.0669. The first-order chi connectivity index (χ1) is 10.9. The van der Waals surface area contributed by atoms with Gasteiger partial charge in [0.15, 0.2) is 0 Å². The van der Waals surface area contributed by atoms with Gasteiger partial charge in [-0.3, -0.25) is 10.1 Å². The third kappa shape index (κ3) is 4.43. The van der Waals surface area contributed by atoms with Crippen molar-refractivity contribution in [2.75, 3.05) is 0 Å². The molecule has 0 bridgehead atoms. The molecule has 0 aliphatic carbocycles. The number of carbonyl (C=O) groups is 1. The first kappa shape index (κ1) is 16.8. The molecule has 0 saturated heterocycles. The summed E-state index contributed by atoms with van der Waals surface area (Å²) in [7, 11) is 0. The number of benzene rings is 2. The predicted molar refractivity (Wildman–Crippen MR) is 89.7 cm³/mol. The van der Waals surface area contributed by atoms with Crippen LogP contribution in [-0.2, 0) is 4.79 Å². The van der Waals surface area contributed by atoms with E-state index in [0.29, 0.717) is 5.56 Å². The molecule has 2 aromatic carbocycles. The molecule has 0 fully saturated rings. The third-order valence-corrected chi connectivity index (χ3v) is 4.26. The Bertz CT molecular complexity index is 782. The van der Waals surface area contributed by atoms with Crippen LogP contribution in [0, 0.1) is 17.0 Å². The number of aliphatic carboxylic acids is 1. The Morgan fingerprint density at radius 1 is 1.22 bits per heavy atom. The minimum Gasteiger partial charge on any atom is -0.478 e. The van der Waals surface area contributed by atoms with E-state index in [1.807, 2.05) is 31.2 Å². The number of non-ortho nitro benzene ring substituents is 1. The SMILES string of the molecule is C/C(=C\c1cc([N+](=O)[O-])ccc1Sc1ccc(C)cc1)C(=O)O. The molecule has 0 radical (unpaired) electrons. The second-order valence-corrected chi connectivity index (χ2v) is 6.14. The predicted octanol–water partition coefficient (Wildman–Crippen LogP) is 4.54. The molecule has 0 amide bonds. The molecule has 5 nitrogen and oxygen atoms in total. The van der Waals surface area contributed by atoms with Gasteiger partial charge >= 0.3 is 5.97 Å². The first-order valence-corrected chi connectivity index (χ1v) is 7.63. The fourth-order valence-electron chi connectivity index (χ4n) is 1.88. The van der Waals surface area contributed by atoms with Gasteiger partial charge in [0.05, 0.1) is 4.92 Å². The second-order valence-electron chi connectivity index (χ2n) is 5.03. The fourth-order valence-corrected chi connectivity index (χ4v) is 2.78. The van der Waals surface area contributed by atoms with Crippen LogP contribution in [0.15, 0.2) is 57.8 Å². The van der Waals surface area contributed by atoms with Gasteiger partial charge in [-0.1, -0.05) is 29.5 Å². The van der Waals surface area contributed by atoms with E-state index in [1.165, 1.54) is 36.9 Å². The quantitative estimate of drug-likeness (QED) is 0.495. The van der Waals surface area contributed by atoms with E-state index in [4.69, 9.17) is 5.11 Å². The second kappa shape index (κ2) is 7.11. The van der Waals surface area contributed by atoms with Gasteiger partial charge in [0, 0.05) is 27.5 Å². The van der Waals surface area contributed by atoms with Crippen LogP contribution in [0.2, 0.25) is 0 Å². The summed E-state index contributed by atoms with van der Waals surface area (Å²) in [5.74, 6) is -1.05. The van der Waals surface area contributed by atoms with Gasteiger partial charge in [0.25, 0.3) is 5.69 Å². The van der Waals surface area contributed by atoms with Gasteiger partial charge < -0.3 is 5.11 Å². The van der Waals surface area contributed by atoms with Gasteiger partial charge in [-0.2, -0.15) is 0 Å². The maximum atomic E-state index is 11.0. The molecule has 118 valence electrons. The summed E-state index contributed by atoms with van der Waals surface area (Å²) in [4.78, 5) is 23.2. The zero-order chi connectivity index (χ0) is 17.0. The topological polar surface area (TPSA) is 80.4 Å². The van der Waals surface area contributed by atoms with Crippen molar-refractivity contribution in [3.05, 3.63) is 69.3 Å². The number of hydrogen-bond acceptors (Lipinski definition) is 4. The highest BCUT2D eigenvalue weighted by Gasteiger charge is 2.12. The highest BCUT2D eigenvalue weighted by molar-refractivity contribution is 7.99. The maximum Gasteiger partial charge on any atom is 0.331 e. The average Bonchev–Trinajstić information content (AvgIpc) is 2.50. The number of nitro benzene ring substituents is 1. The molecule has 0 saturated carbocycles. The van der Waals surface area contributed by atoms with Crippen LogP contribution in [0.25, 0.3) is 6.08 Å². The van der Waals surface area contributed by atoms with E-state index < -0.39 is 10.9 Å². The fraction of sp³-hybridized carbons (Fsp3) is 0.118. The summed E-state index contributed by atoms with van der Waals surface area (Å²) in [5, 5.41) is 20.0. The molecular formula is C17H15NO4S. The Hall–Kier alpha value is -2.60. The number of rotatable bonds is 5. The zero-order valence-corrected chi connectivity index (χ0v) is 13.5. The number of nitrogens with zero attached hydrogens (tertiary/aromatic N) is 1. The largest absolute Gasteiger partial charge is 0.478 e. The molecule has 2 rings (SSSR count). The van der Waals surface area contributed by atoms with Gasteiger partial charge in [-0.15, -0.1) is 0 Å². The van der Waals surface area contributed by atoms with Crippen LogP contribution in [0.5, 0.6) is 0 Å². The summed E-state index contributed by atoms with van der Waals surface area (Å²) < 4.78 is 0. The first-order valence-electron chi connectivity index (χ1n) is 6.81. The van der Waals surface area contributed by atoms with Crippen LogP contribution in [0.1, 0.15) is 18.1 Å². The van der Waals surface area contributed by atoms with Crippen molar-refractivity contribution in [2.24, 2.45) is 0 Å². The van der Waals surface area contributed by atoms with E-state index in [9.17, 15) is 14.9 Å². The lowest BCUT2D eigenvalue weighted by molar-refractivity contribution is -0.384. The Kier molecular flexibility index (Phi) is 5.18. The van der Waals surface area contributed by atoms with Crippen molar-refractivity contribution >= 4 is 29.5 Å². The number of nitro groups is 1. The number of carboxylic acid groups (broad SMARTS) is 1. The van der Waals surface area contributed by atoms with Gasteiger partial charge in [0.2, 0.25) is 0 Å². The minimum atomic E-state index is -1.05. The highest BCUT2D eigenvalue weighted by Crippen LogP contribution is 2.33. The molecule has 2 aromatic rings. The summed E-state index contributed by atoms with van der Waals surface area (Å²) >= 11 is 1.44. The average molecular weight is 329 g/mol. The van der Waals surface area contributed by atoms with Crippen LogP contribution in [0.3, 0.4) is 0 Å². The molecular weight excluding hydrogens is 314 g/mol. The molecule has 0 spiro atoms. The molecule has 0 unspecified atom stereocenters. The van der Waals surface area contributed by atoms with E-state index in [1.54, 1.807) is 6.07 Å². The van der Waals surface area contributed by atoms with Crippen molar-refractivity contribution in [3.63, 3.8) is 0 Å². The Balaban J connectivity index is 2.45. The maximum absolute atomic E-state index is 11.0. The molecule has 0 atom stereocenters. The number of carboxylic acids is 1. The van der Waals surface area contributed by atoms with E-state index in [0.717, 1.165) is 15.4 Å². The lowest BCUT2D eigenvalue weighted by Crippen LogP contribution is -1.96. The smallest absolute Gasteiger partial charge is 0.331 e. The molecule has 0 aliphatic heterocycles. The van der Waals surface area contributed by atoms with Crippen molar-refractivity contribution in [1.82, 2.24) is 0 Å². The molecule has 0 aliphatic rings. The van der Waals surface area contributed by atoms with Crippen molar-refractivity contribution in [3.8, 4) is 0 Å². The summed E-state index contributed by atoms with van der Waals surface area (Å²) in [5.41, 5.74) is 1.71. The summed E-state index contributed by atoms with van der Waals surface area (Å²) in [6, 6.07) is 12.3. The van der Waals surface area contributed by atoms with Gasteiger partial charge in [0.1, 0.15) is 0 Å². The third-order valence-electron chi connectivity index (χ3n) is 3.16. The van der Waals surface area contributed by atoms with Crippen molar-refractivity contribution in [2.45, 2.75) is 23.6 Å².